The molecule has 1 fully saturated rings. The van der Waals surface area contributed by atoms with Gasteiger partial charge in [0.15, 0.2) is 5.82 Å². The quantitative estimate of drug-likeness (QED) is 0.618. The Morgan fingerprint density at radius 1 is 1.28 bits per heavy atom. The average Bonchev–Trinajstić information content (AvgIpc) is 3.54. The Labute approximate surface area is 168 Å². The van der Waals surface area contributed by atoms with Crippen molar-refractivity contribution in [3.8, 4) is 11.3 Å². The monoisotopic (exact) mass is 416 g/mol. The number of nitrogens with one attached hydrogen (secondary N) is 1. The van der Waals surface area contributed by atoms with Crippen LogP contribution in [0.25, 0.3) is 22.2 Å². The minimum atomic E-state index is -1.35. The Hall–Kier alpha value is -3.33. The predicted octanol–water partition coefficient (Wildman–Crippen LogP) is 2.81. The summed E-state index contributed by atoms with van der Waals surface area (Å²) in [6.45, 7) is 0. The largest absolute Gasteiger partial charge is 0.477 e. The minimum absolute atomic E-state index is 0.00277. The molecule has 0 atom stereocenters. The number of alkyl halides is 1. The highest BCUT2D eigenvalue weighted by molar-refractivity contribution is 6.29. The summed E-state index contributed by atoms with van der Waals surface area (Å²) in [5.41, 5.74) is -0.390. The molecule has 2 aromatic heterocycles. The van der Waals surface area contributed by atoms with Crippen molar-refractivity contribution in [2.45, 2.75) is 18.9 Å². The number of pyridine rings is 1. The first kappa shape index (κ1) is 19.0. The maximum absolute atomic E-state index is 14.8. The van der Waals surface area contributed by atoms with E-state index in [1.54, 1.807) is 4.57 Å². The third-order valence-corrected chi connectivity index (χ3v) is 4.85. The molecule has 148 valence electrons. The van der Waals surface area contributed by atoms with Crippen molar-refractivity contribution in [2.75, 3.05) is 11.2 Å². The van der Waals surface area contributed by atoms with Crippen LogP contribution in [-0.4, -0.2) is 37.4 Å². The van der Waals surface area contributed by atoms with E-state index in [2.05, 4.69) is 15.3 Å². The summed E-state index contributed by atoms with van der Waals surface area (Å²) in [5, 5.41) is 11.7. The van der Waals surface area contributed by atoms with Crippen molar-refractivity contribution in [3.05, 3.63) is 52.3 Å². The number of carboxylic acids is 1. The third-order valence-electron chi connectivity index (χ3n) is 4.61. The number of rotatable bonds is 5. The number of carbonyl (C=O) groups excluding carboxylic acids is 1. The molecule has 1 amide bonds. The van der Waals surface area contributed by atoms with Gasteiger partial charge in [-0.3, -0.25) is 14.6 Å². The molecule has 1 aromatic carbocycles. The number of anilines is 1. The lowest BCUT2D eigenvalue weighted by atomic mass is 10.1. The lowest BCUT2D eigenvalue weighted by Crippen LogP contribution is -2.19. The number of halogens is 2. The number of aromatic nitrogens is 3. The van der Waals surface area contributed by atoms with Crippen molar-refractivity contribution in [2.24, 2.45) is 0 Å². The SMILES string of the molecule is O=C(CCl)Nc1cnc(-c2cc3c(cc2F)c(=O)c(C(=O)O)cn3C2CC2)cn1. The molecule has 0 unspecified atom stereocenters. The van der Waals surface area contributed by atoms with Gasteiger partial charge in [-0.15, -0.1) is 11.6 Å². The van der Waals surface area contributed by atoms with Crippen LogP contribution in [0.1, 0.15) is 29.2 Å². The van der Waals surface area contributed by atoms with E-state index in [1.165, 1.54) is 24.7 Å². The highest BCUT2D eigenvalue weighted by Gasteiger charge is 2.27. The van der Waals surface area contributed by atoms with Crippen molar-refractivity contribution in [3.63, 3.8) is 0 Å². The molecule has 4 rings (SSSR count). The van der Waals surface area contributed by atoms with Gasteiger partial charge in [-0.05, 0) is 25.0 Å². The van der Waals surface area contributed by atoms with Crippen molar-refractivity contribution >= 4 is 40.2 Å². The number of aromatic carboxylic acids is 1. The second-order valence-electron chi connectivity index (χ2n) is 6.63. The maximum Gasteiger partial charge on any atom is 0.341 e. The number of hydrogen-bond donors (Lipinski definition) is 2. The van der Waals surface area contributed by atoms with Gasteiger partial charge >= 0.3 is 5.97 Å². The molecule has 3 aromatic rings. The van der Waals surface area contributed by atoms with E-state index in [1.807, 2.05) is 0 Å². The zero-order chi connectivity index (χ0) is 20.7. The number of nitrogens with zero attached hydrogens (tertiary/aromatic N) is 3. The van der Waals surface area contributed by atoms with E-state index in [0.29, 0.717) is 5.52 Å². The van der Waals surface area contributed by atoms with Gasteiger partial charge in [-0.25, -0.2) is 14.2 Å². The molecule has 10 heteroatoms. The maximum atomic E-state index is 14.8. The van der Waals surface area contributed by atoms with E-state index < -0.39 is 28.7 Å². The van der Waals surface area contributed by atoms with Crippen LogP contribution in [0.4, 0.5) is 10.2 Å². The highest BCUT2D eigenvalue weighted by Crippen LogP contribution is 2.38. The Morgan fingerprint density at radius 2 is 2.03 bits per heavy atom. The van der Waals surface area contributed by atoms with Crippen LogP contribution in [0, 0.1) is 5.82 Å². The van der Waals surface area contributed by atoms with E-state index in [-0.39, 0.29) is 34.4 Å². The second-order valence-corrected chi connectivity index (χ2v) is 6.90. The van der Waals surface area contributed by atoms with Gasteiger partial charge < -0.3 is 15.0 Å². The van der Waals surface area contributed by atoms with Crippen LogP contribution in [0.2, 0.25) is 0 Å². The van der Waals surface area contributed by atoms with Crippen LogP contribution in [0.3, 0.4) is 0 Å². The Morgan fingerprint density at radius 3 is 2.62 bits per heavy atom. The van der Waals surface area contributed by atoms with Gasteiger partial charge in [-0.2, -0.15) is 0 Å². The summed E-state index contributed by atoms with van der Waals surface area (Å²) in [6, 6.07) is 2.56. The smallest absolute Gasteiger partial charge is 0.341 e. The molecule has 8 nitrogen and oxygen atoms in total. The molecule has 0 spiro atoms. The summed E-state index contributed by atoms with van der Waals surface area (Å²) in [5.74, 6) is -2.60. The molecule has 0 bridgehead atoms. The van der Waals surface area contributed by atoms with Crippen molar-refractivity contribution < 1.29 is 19.1 Å². The fourth-order valence-electron chi connectivity index (χ4n) is 3.08. The standard InChI is InChI=1S/C19H14ClFN4O4/c20-5-17(26)24-16-7-22-14(6-23-16)10-4-15-11(3-13(10)21)18(27)12(19(28)29)8-25(15)9-1-2-9/h3-4,6-9H,1-2,5H2,(H,28,29)(H,23,24,26). The third kappa shape index (κ3) is 3.56. The van der Waals surface area contributed by atoms with Crippen LogP contribution < -0.4 is 10.7 Å². The normalized spacial score (nSPS) is 13.4. The molecule has 2 N–H and O–H groups in total. The first-order chi connectivity index (χ1) is 13.9. The molecular formula is C19H14ClFN4O4. The molecule has 0 radical (unpaired) electrons. The molecule has 1 saturated carbocycles. The van der Waals surface area contributed by atoms with E-state index in [0.717, 1.165) is 18.9 Å². The molecule has 1 aliphatic carbocycles. The number of benzene rings is 1. The number of amides is 1. The van der Waals surface area contributed by atoms with Crippen LogP contribution in [-0.2, 0) is 4.79 Å². The summed E-state index contributed by atoms with van der Waals surface area (Å²) in [4.78, 5) is 43.4. The summed E-state index contributed by atoms with van der Waals surface area (Å²) in [7, 11) is 0. The molecular weight excluding hydrogens is 403 g/mol. The van der Waals surface area contributed by atoms with Gasteiger partial charge in [0.25, 0.3) is 0 Å². The van der Waals surface area contributed by atoms with Crippen LogP contribution in [0.5, 0.6) is 0 Å². The van der Waals surface area contributed by atoms with E-state index >= 15 is 0 Å². The van der Waals surface area contributed by atoms with Gasteiger partial charge in [0.2, 0.25) is 11.3 Å². The molecule has 29 heavy (non-hydrogen) atoms. The van der Waals surface area contributed by atoms with Gasteiger partial charge in [-0.1, -0.05) is 0 Å². The molecule has 0 saturated heterocycles. The van der Waals surface area contributed by atoms with E-state index in [9.17, 15) is 23.9 Å². The zero-order valence-electron chi connectivity index (χ0n) is 14.9. The highest BCUT2D eigenvalue weighted by atomic mass is 35.5. The second kappa shape index (κ2) is 7.25. The summed E-state index contributed by atoms with van der Waals surface area (Å²) in [6.07, 6.45) is 5.56. The Kier molecular flexibility index (Phi) is 4.75. The van der Waals surface area contributed by atoms with Crippen molar-refractivity contribution in [1.29, 1.82) is 0 Å². The molecule has 0 aliphatic heterocycles. The van der Waals surface area contributed by atoms with Gasteiger partial charge in [0.05, 0.1) is 23.6 Å². The van der Waals surface area contributed by atoms with Gasteiger partial charge in [0, 0.05) is 23.2 Å². The number of fused-ring (bicyclic) bond motifs is 1. The lowest BCUT2D eigenvalue weighted by molar-refractivity contribution is -0.113. The Balaban J connectivity index is 1.84. The minimum Gasteiger partial charge on any atom is -0.477 e. The number of hydrogen-bond acceptors (Lipinski definition) is 5. The topological polar surface area (TPSA) is 114 Å². The molecule has 1 aliphatic rings. The first-order valence-corrected chi connectivity index (χ1v) is 9.22. The fourth-order valence-corrected chi connectivity index (χ4v) is 3.15. The number of carboxylic acid groups (broad SMARTS) is 1. The van der Waals surface area contributed by atoms with Crippen LogP contribution >= 0.6 is 11.6 Å². The van der Waals surface area contributed by atoms with Gasteiger partial charge in [0.1, 0.15) is 17.3 Å². The first-order valence-electron chi connectivity index (χ1n) is 8.69. The summed E-state index contributed by atoms with van der Waals surface area (Å²) >= 11 is 5.42. The lowest BCUT2D eigenvalue weighted by Gasteiger charge is -2.13. The predicted molar refractivity (Wildman–Crippen MR) is 104 cm³/mol. The fraction of sp³-hybridized carbons (Fsp3) is 0.211. The number of carbonyl (C=O) groups is 2. The van der Waals surface area contributed by atoms with Crippen LogP contribution in [0.15, 0.2) is 35.5 Å². The molecule has 2 heterocycles. The Bertz CT molecular complexity index is 1210. The summed E-state index contributed by atoms with van der Waals surface area (Å²) < 4.78 is 16.5. The zero-order valence-corrected chi connectivity index (χ0v) is 15.6. The van der Waals surface area contributed by atoms with Crippen molar-refractivity contribution in [1.82, 2.24) is 14.5 Å². The average molecular weight is 417 g/mol. The van der Waals surface area contributed by atoms with E-state index in [4.69, 9.17) is 11.6 Å².